The van der Waals surface area contributed by atoms with Crippen molar-refractivity contribution in [2.24, 2.45) is 0 Å². The molecule has 12 heavy (non-hydrogen) atoms. The van der Waals surface area contributed by atoms with E-state index in [1.54, 1.807) is 13.0 Å². The van der Waals surface area contributed by atoms with Crippen molar-refractivity contribution in [3.05, 3.63) is 11.8 Å². The molecule has 1 heterocycles. The number of esters is 1. The van der Waals surface area contributed by atoms with Crippen LogP contribution in [0.5, 0.6) is 0 Å². The molecular weight excluding hydrogens is 154 g/mol. The van der Waals surface area contributed by atoms with E-state index in [1.165, 1.54) is 0 Å². The predicted octanol–water partition coefficient (Wildman–Crippen LogP) is 1.21. The fraction of sp³-hybridized carbons (Fsp3) is 0.667. The summed E-state index contributed by atoms with van der Waals surface area (Å²) in [5.74, 6) is -0.242. The number of carbonyl (C=O) groups is 1. The Hall–Kier alpha value is -0.990. The molecule has 3 nitrogen and oxygen atoms in total. The molecule has 0 spiro atoms. The van der Waals surface area contributed by atoms with Gasteiger partial charge in [0.2, 0.25) is 0 Å². The smallest absolute Gasteiger partial charge is 0.332 e. The second-order valence-corrected chi connectivity index (χ2v) is 3.01. The van der Waals surface area contributed by atoms with Gasteiger partial charge in [0.25, 0.3) is 0 Å². The van der Waals surface area contributed by atoms with Gasteiger partial charge in [-0.1, -0.05) is 0 Å². The van der Waals surface area contributed by atoms with Gasteiger partial charge in [-0.25, -0.2) is 4.79 Å². The lowest BCUT2D eigenvalue weighted by atomic mass is 10.2. The zero-order valence-corrected chi connectivity index (χ0v) is 7.59. The number of ether oxygens (including phenoxy) is 1. The van der Waals surface area contributed by atoms with Crippen molar-refractivity contribution in [2.45, 2.75) is 32.7 Å². The van der Waals surface area contributed by atoms with Crippen LogP contribution >= 0.6 is 0 Å². The Balaban J connectivity index is 2.41. The molecular formula is C9H15NO2. The minimum atomic E-state index is -0.242. The molecule has 1 rings (SSSR count). The van der Waals surface area contributed by atoms with Gasteiger partial charge >= 0.3 is 5.97 Å². The SMILES string of the molecule is CCOC(=O)/C=C1\CC[C@@H](C)N1. The maximum Gasteiger partial charge on any atom is 0.332 e. The van der Waals surface area contributed by atoms with Crippen LogP contribution in [0, 0.1) is 0 Å². The van der Waals surface area contributed by atoms with Crippen molar-refractivity contribution >= 4 is 5.97 Å². The van der Waals surface area contributed by atoms with Crippen LogP contribution in [0.4, 0.5) is 0 Å². The molecule has 1 aliphatic heterocycles. The Labute approximate surface area is 72.8 Å². The first kappa shape index (κ1) is 9.10. The lowest BCUT2D eigenvalue weighted by Gasteiger charge is -2.02. The maximum absolute atomic E-state index is 11.0. The summed E-state index contributed by atoms with van der Waals surface area (Å²) < 4.78 is 4.78. The van der Waals surface area contributed by atoms with Crippen LogP contribution in [-0.2, 0) is 9.53 Å². The first-order valence-corrected chi connectivity index (χ1v) is 4.36. The highest BCUT2D eigenvalue weighted by Crippen LogP contribution is 2.14. The summed E-state index contributed by atoms with van der Waals surface area (Å²) in [6.45, 7) is 4.35. The number of hydrogen-bond acceptors (Lipinski definition) is 3. The van der Waals surface area contributed by atoms with Crippen molar-refractivity contribution in [2.75, 3.05) is 6.61 Å². The Morgan fingerprint density at radius 1 is 1.83 bits per heavy atom. The minimum absolute atomic E-state index is 0.242. The Morgan fingerprint density at radius 3 is 3.08 bits per heavy atom. The van der Waals surface area contributed by atoms with Crippen molar-refractivity contribution in [3.63, 3.8) is 0 Å². The first-order chi connectivity index (χ1) is 5.72. The quantitative estimate of drug-likeness (QED) is 0.498. The summed E-state index contributed by atoms with van der Waals surface area (Å²) in [7, 11) is 0. The van der Waals surface area contributed by atoms with Crippen molar-refractivity contribution < 1.29 is 9.53 Å². The molecule has 0 radical (unpaired) electrons. The summed E-state index contributed by atoms with van der Waals surface area (Å²) in [4.78, 5) is 11.0. The molecule has 0 saturated carbocycles. The van der Waals surface area contributed by atoms with E-state index < -0.39 is 0 Å². The summed E-state index contributed by atoms with van der Waals surface area (Å²) in [6.07, 6.45) is 3.61. The van der Waals surface area contributed by atoms with Crippen LogP contribution in [0.1, 0.15) is 26.7 Å². The zero-order chi connectivity index (χ0) is 8.97. The molecule has 1 fully saturated rings. The van der Waals surface area contributed by atoms with Gasteiger partial charge in [0, 0.05) is 17.8 Å². The van der Waals surface area contributed by atoms with Gasteiger partial charge in [0.15, 0.2) is 0 Å². The third-order valence-electron chi connectivity index (χ3n) is 1.86. The summed E-state index contributed by atoms with van der Waals surface area (Å²) in [5, 5.41) is 3.20. The monoisotopic (exact) mass is 169 g/mol. The molecule has 0 aromatic rings. The lowest BCUT2D eigenvalue weighted by molar-refractivity contribution is -0.137. The third kappa shape index (κ3) is 2.57. The fourth-order valence-electron chi connectivity index (χ4n) is 1.27. The highest BCUT2D eigenvalue weighted by molar-refractivity contribution is 5.82. The molecule has 0 aromatic carbocycles. The standard InChI is InChI=1S/C9H15NO2/c1-3-12-9(11)6-8-5-4-7(2)10-8/h6-7,10H,3-5H2,1-2H3/b8-6+/t7-/m1/s1. The molecule has 1 saturated heterocycles. The molecule has 3 heteroatoms. The molecule has 1 N–H and O–H groups in total. The topological polar surface area (TPSA) is 38.3 Å². The molecule has 0 amide bonds. The van der Waals surface area contributed by atoms with Gasteiger partial charge in [-0.2, -0.15) is 0 Å². The van der Waals surface area contributed by atoms with Crippen LogP contribution in [0.2, 0.25) is 0 Å². The second kappa shape index (κ2) is 4.14. The molecule has 1 atom stereocenters. The van der Waals surface area contributed by atoms with Gasteiger partial charge < -0.3 is 10.1 Å². The van der Waals surface area contributed by atoms with E-state index in [0.29, 0.717) is 12.6 Å². The number of rotatable bonds is 2. The van der Waals surface area contributed by atoms with Gasteiger partial charge in [-0.05, 0) is 26.7 Å². The van der Waals surface area contributed by atoms with E-state index in [0.717, 1.165) is 18.5 Å². The maximum atomic E-state index is 11.0. The van der Waals surface area contributed by atoms with Gasteiger partial charge in [0.05, 0.1) is 6.61 Å². The third-order valence-corrected chi connectivity index (χ3v) is 1.86. The van der Waals surface area contributed by atoms with Gasteiger partial charge in [-0.3, -0.25) is 0 Å². The molecule has 68 valence electrons. The molecule has 0 unspecified atom stereocenters. The van der Waals surface area contributed by atoms with Gasteiger partial charge in [-0.15, -0.1) is 0 Å². The normalized spacial score (nSPS) is 25.5. The summed E-state index contributed by atoms with van der Waals surface area (Å²) in [6, 6.07) is 0.491. The number of hydrogen-bond donors (Lipinski definition) is 1. The predicted molar refractivity (Wildman–Crippen MR) is 46.5 cm³/mol. The van der Waals surface area contributed by atoms with E-state index in [1.807, 2.05) is 0 Å². The van der Waals surface area contributed by atoms with E-state index in [9.17, 15) is 4.79 Å². The largest absolute Gasteiger partial charge is 0.463 e. The van der Waals surface area contributed by atoms with E-state index in [-0.39, 0.29) is 5.97 Å². The first-order valence-electron chi connectivity index (χ1n) is 4.36. The number of nitrogens with one attached hydrogen (secondary N) is 1. The lowest BCUT2D eigenvalue weighted by Crippen LogP contribution is -2.16. The average molecular weight is 169 g/mol. The molecule has 0 aromatic heterocycles. The van der Waals surface area contributed by atoms with E-state index >= 15 is 0 Å². The highest BCUT2D eigenvalue weighted by Gasteiger charge is 2.14. The van der Waals surface area contributed by atoms with E-state index in [2.05, 4.69) is 12.2 Å². The molecule has 0 bridgehead atoms. The van der Waals surface area contributed by atoms with Gasteiger partial charge in [0.1, 0.15) is 0 Å². The molecule has 1 aliphatic rings. The van der Waals surface area contributed by atoms with Crippen molar-refractivity contribution in [3.8, 4) is 0 Å². The fourth-order valence-corrected chi connectivity index (χ4v) is 1.27. The minimum Gasteiger partial charge on any atom is -0.463 e. The number of allylic oxidation sites excluding steroid dienone is 1. The Morgan fingerprint density at radius 2 is 2.58 bits per heavy atom. The zero-order valence-electron chi connectivity index (χ0n) is 7.59. The van der Waals surface area contributed by atoms with Crippen LogP contribution in [0.15, 0.2) is 11.8 Å². The van der Waals surface area contributed by atoms with Crippen molar-refractivity contribution in [1.29, 1.82) is 0 Å². The Kier molecular flexibility index (Phi) is 3.14. The Bertz CT molecular complexity index is 199. The van der Waals surface area contributed by atoms with Crippen LogP contribution in [0.3, 0.4) is 0 Å². The highest BCUT2D eigenvalue weighted by atomic mass is 16.5. The average Bonchev–Trinajstić information content (AvgIpc) is 2.36. The second-order valence-electron chi connectivity index (χ2n) is 3.01. The summed E-state index contributed by atoms with van der Waals surface area (Å²) in [5.41, 5.74) is 1.00. The van der Waals surface area contributed by atoms with Crippen molar-refractivity contribution in [1.82, 2.24) is 5.32 Å². The molecule has 0 aliphatic carbocycles. The van der Waals surface area contributed by atoms with Crippen LogP contribution in [-0.4, -0.2) is 18.6 Å². The van der Waals surface area contributed by atoms with E-state index in [4.69, 9.17) is 4.74 Å². The number of carbonyl (C=O) groups excluding carboxylic acids is 1. The summed E-state index contributed by atoms with van der Waals surface area (Å²) >= 11 is 0. The van der Waals surface area contributed by atoms with Crippen LogP contribution in [0.25, 0.3) is 0 Å². The van der Waals surface area contributed by atoms with Crippen LogP contribution < -0.4 is 5.32 Å².